The summed E-state index contributed by atoms with van der Waals surface area (Å²) in [6.45, 7) is 4.30. The average molecular weight is 584 g/mol. The van der Waals surface area contributed by atoms with E-state index in [1.165, 1.54) is 0 Å². The van der Waals surface area contributed by atoms with Crippen LogP contribution in [0.3, 0.4) is 0 Å². The molecule has 0 unspecified atom stereocenters. The van der Waals surface area contributed by atoms with E-state index in [1.54, 1.807) is 36.9 Å². The van der Waals surface area contributed by atoms with Gasteiger partial charge >= 0.3 is 0 Å². The Morgan fingerprint density at radius 1 is 1.17 bits per heavy atom. The van der Waals surface area contributed by atoms with Gasteiger partial charge in [0.2, 0.25) is 0 Å². The fourth-order valence-electron chi connectivity index (χ4n) is 6.23. The van der Waals surface area contributed by atoms with Gasteiger partial charge in [-0.25, -0.2) is 9.37 Å². The molecule has 5 atom stereocenters. The molecule has 2 fully saturated rings. The number of pyridine rings is 1. The number of fused-ring (bicyclic) bond motifs is 3. The summed E-state index contributed by atoms with van der Waals surface area (Å²) >= 11 is 6.63. The third kappa shape index (κ3) is 5.10. The summed E-state index contributed by atoms with van der Waals surface area (Å²) in [4.78, 5) is 12.3. The lowest BCUT2D eigenvalue weighted by Crippen LogP contribution is -2.34. The highest BCUT2D eigenvalue weighted by Crippen LogP contribution is 2.40. The predicted octanol–water partition coefficient (Wildman–Crippen LogP) is 3.56. The minimum Gasteiger partial charge on any atom is -0.456 e. The summed E-state index contributed by atoms with van der Waals surface area (Å²) in [6, 6.07) is 5.63. The van der Waals surface area contributed by atoms with Gasteiger partial charge < -0.3 is 29.4 Å². The number of halogens is 2. The molecule has 4 aromatic rings. The van der Waals surface area contributed by atoms with E-state index in [4.69, 9.17) is 30.8 Å². The SMILES string of the molecule is CC(C)(O)Cn1cc(-c2cc(F)c3c(c2)CC[C@@H]3Cc2nc3nc(O[C@@H]4CO[C@H]5[C@@H]4OC[C@H]5O)[nH]c3cc2Cl)cn1. The molecule has 5 heterocycles. The molecule has 2 saturated heterocycles. The van der Waals surface area contributed by atoms with E-state index in [0.717, 1.165) is 29.5 Å². The van der Waals surface area contributed by atoms with Crippen molar-refractivity contribution < 1.29 is 28.8 Å². The molecule has 0 saturated carbocycles. The van der Waals surface area contributed by atoms with E-state index in [1.807, 2.05) is 12.3 Å². The van der Waals surface area contributed by atoms with Gasteiger partial charge in [0, 0.05) is 11.8 Å². The number of hydrogen-bond donors (Lipinski definition) is 3. The first-order chi connectivity index (χ1) is 19.6. The second kappa shape index (κ2) is 10.0. The Morgan fingerprint density at radius 3 is 2.83 bits per heavy atom. The van der Waals surface area contributed by atoms with Gasteiger partial charge in [-0.1, -0.05) is 17.7 Å². The van der Waals surface area contributed by atoms with Crippen molar-refractivity contribution in [2.24, 2.45) is 0 Å². The average Bonchev–Trinajstić information content (AvgIpc) is 3.71. The monoisotopic (exact) mass is 583 g/mol. The number of aryl methyl sites for hydroxylation is 1. The van der Waals surface area contributed by atoms with E-state index in [2.05, 4.69) is 15.1 Å². The first-order valence-electron chi connectivity index (χ1n) is 13.8. The van der Waals surface area contributed by atoms with Crippen LogP contribution in [-0.4, -0.2) is 78.2 Å². The Morgan fingerprint density at radius 2 is 2.00 bits per heavy atom. The number of H-pyrrole nitrogens is 1. The van der Waals surface area contributed by atoms with Gasteiger partial charge in [-0.05, 0) is 67.9 Å². The molecule has 10 nitrogen and oxygen atoms in total. The lowest BCUT2D eigenvalue weighted by atomic mass is 9.93. The number of imidazole rings is 1. The number of nitrogens with one attached hydrogen (secondary N) is 1. The zero-order valence-electron chi connectivity index (χ0n) is 22.7. The van der Waals surface area contributed by atoms with Crippen LogP contribution in [0.5, 0.6) is 6.01 Å². The van der Waals surface area contributed by atoms with Crippen LogP contribution in [0.2, 0.25) is 5.02 Å². The summed E-state index contributed by atoms with van der Waals surface area (Å²) in [5, 5.41) is 24.8. The lowest BCUT2D eigenvalue weighted by molar-refractivity contribution is 0.00706. The maximum atomic E-state index is 15.5. The molecule has 41 heavy (non-hydrogen) atoms. The number of aromatic amines is 1. The lowest BCUT2D eigenvalue weighted by Gasteiger charge is -2.16. The molecule has 0 amide bonds. The zero-order valence-corrected chi connectivity index (χ0v) is 23.4. The van der Waals surface area contributed by atoms with Crippen molar-refractivity contribution >= 4 is 22.8 Å². The van der Waals surface area contributed by atoms with E-state index in [9.17, 15) is 10.2 Å². The third-order valence-electron chi connectivity index (χ3n) is 8.06. The third-order valence-corrected chi connectivity index (χ3v) is 8.39. The molecule has 2 aliphatic heterocycles. The van der Waals surface area contributed by atoms with Gasteiger partial charge in [0.25, 0.3) is 6.01 Å². The summed E-state index contributed by atoms with van der Waals surface area (Å²) in [7, 11) is 0. The molecular formula is C29H31ClFN5O5. The molecule has 0 spiro atoms. The van der Waals surface area contributed by atoms with Gasteiger partial charge in [0.15, 0.2) is 11.8 Å². The van der Waals surface area contributed by atoms with Crippen LogP contribution >= 0.6 is 11.6 Å². The number of hydrogen-bond acceptors (Lipinski definition) is 8. The first kappa shape index (κ1) is 26.8. The fourth-order valence-corrected chi connectivity index (χ4v) is 6.46. The molecular weight excluding hydrogens is 553 g/mol. The second-order valence-electron chi connectivity index (χ2n) is 11.9. The number of aliphatic hydroxyl groups is 2. The van der Waals surface area contributed by atoms with Crippen molar-refractivity contribution in [1.29, 1.82) is 0 Å². The minimum atomic E-state index is -0.897. The Bertz CT molecular complexity index is 1620. The van der Waals surface area contributed by atoms with Gasteiger partial charge in [-0.15, -0.1) is 0 Å². The van der Waals surface area contributed by atoms with E-state index < -0.39 is 23.9 Å². The highest BCUT2D eigenvalue weighted by Gasteiger charge is 2.48. The molecule has 7 rings (SSSR count). The molecule has 216 valence electrons. The molecule has 0 bridgehead atoms. The van der Waals surface area contributed by atoms with Crippen LogP contribution in [0, 0.1) is 5.82 Å². The summed E-state index contributed by atoms with van der Waals surface area (Å²) < 4.78 is 34.5. The Hall–Kier alpha value is -3.09. The second-order valence-corrected chi connectivity index (χ2v) is 12.3. The summed E-state index contributed by atoms with van der Waals surface area (Å²) in [5.41, 5.74) is 4.09. The van der Waals surface area contributed by atoms with E-state index in [-0.39, 0.29) is 30.5 Å². The number of rotatable bonds is 7. The van der Waals surface area contributed by atoms with Gasteiger partial charge in [-0.3, -0.25) is 4.68 Å². The molecule has 1 aromatic carbocycles. The number of ether oxygens (including phenoxy) is 3. The quantitative estimate of drug-likeness (QED) is 0.301. The Kier molecular flexibility index (Phi) is 6.55. The normalized spacial score (nSPS) is 25.7. The smallest absolute Gasteiger partial charge is 0.296 e. The highest BCUT2D eigenvalue weighted by molar-refractivity contribution is 6.31. The zero-order chi connectivity index (χ0) is 28.5. The van der Waals surface area contributed by atoms with E-state index >= 15 is 4.39 Å². The number of nitrogens with zero attached hydrogens (tertiary/aromatic N) is 4. The summed E-state index contributed by atoms with van der Waals surface area (Å²) in [5.74, 6) is -0.313. The first-order valence-corrected chi connectivity index (χ1v) is 14.2. The van der Waals surface area contributed by atoms with Gasteiger partial charge in [0.1, 0.15) is 24.1 Å². The van der Waals surface area contributed by atoms with E-state index in [0.29, 0.717) is 47.0 Å². The van der Waals surface area contributed by atoms with Crippen LogP contribution < -0.4 is 4.74 Å². The molecule has 3 N–H and O–H groups in total. The molecule has 3 aliphatic rings. The fraction of sp³-hybridized carbons (Fsp3) is 0.483. The van der Waals surface area contributed by atoms with Crippen LogP contribution in [0.15, 0.2) is 30.6 Å². The maximum Gasteiger partial charge on any atom is 0.296 e. The van der Waals surface area contributed by atoms with Crippen molar-refractivity contribution in [2.45, 2.75) is 75.6 Å². The Labute approximate surface area is 240 Å². The van der Waals surface area contributed by atoms with Crippen LogP contribution in [0.1, 0.15) is 43.0 Å². The van der Waals surface area contributed by atoms with Crippen molar-refractivity contribution in [3.63, 3.8) is 0 Å². The van der Waals surface area contributed by atoms with Gasteiger partial charge in [0.05, 0.1) is 47.8 Å². The number of benzene rings is 1. The standard InChI is InChI=1S/C29H31ClFN5O5/c1-29(2,38)13-36-10-17(9-32-36)16-5-14-3-4-15(24(14)19(31)6-16)7-20-18(30)8-21-27(33-20)35-28(34-21)41-23-12-40-25-22(37)11-39-26(23)25/h5-6,8-10,15,22-23,25-26,37-38H,3-4,7,11-13H2,1-2H3,(H,33,34,35)/t15-,22-,23-,25-,26-/m1/s1. The maximum absolute atomic E-state index is 15.5. The Balaban J connectivity index is 1.09. The molecule has 12 heteroatoms. The van der Waals surface area contributed by atoms with Crippen LogP contribution in [0.25, 0.3) is 22.3 Å². The summed E-state index contributed by atoms with van der Waals surface area (Å²) in [6.07, 6.45) is 3.74. The molecule has 3 aromatic heterocycles. The number of aliphatic hydroxyl groups excluding tert-OH is 1. The number of aromatic nitrogens is 5. The topological polar surface area (TPSA) is 128 Å². The predicted molar refractivity (Wildman–Crippen MR) is 147 cm³/mol. The van der Waals surface area contributed by atoms with Crippen molar-refractivity contribution in [2.75, 3.05) is 13.2 Å². The van der Waals surface area contributed by atoms with Crippen LogP contribution in [-0.2, 0) is 28.9 Å². The van der Waals surface area contributed by atoms with Crippen molar-refractivity contribution in [3.05, 3.63) is 58.3 Å². The van der Waals surface area contributed by atoms with Crippen molar-refractivity contribution in [1.82, 2.24) is 24.7 Å². The van der Waals surface area contributed by atoms with Crippen molar-refractivity contribution in [3.8, 4) is 17.1 Å². The van der Waals surface area contributed by atoms with Gasteiger partial charge in [-0.2, -0.15) is 10.1 Å². The molecule has 1 aliphatic carbocycles. The van der Waals surface area contributed by atoms with Crippen LogP contribution in [0.4, 0.5) is 4.39 Å². The minimum absolute atomic E-state index is 0.0624. The highest BCUT2D eigenvalue weighted by atomic mass is 35.5. The molecule has 0 radical (unpaired) electrons. The largest absolute Gasteiger partial charge is 0.456 e.